The van der Waals surface area contributed by atoms with Gasteiger partial charge in [0.1, 0.15) is 28.3 Å². The molecule has 1 saturated heterocycles. The zero-order valence-electron chi connectivity index (χ0n) is 21.6. The molecule has 2 aliphatic rings. The second-order valence-electron chi connectivity index (χ2n) is 11.3. The molecule has 0 bridgehead atoms. The van der Waals surface area contributed by atoms with Crippen molar-refractivity contribution < 1.29 is 14.3 Å². The molecule has 3 N–H and O–H groups in total. The summed E-state index contributed by atoms with van der Waals surface area (Å²) in [6.45, 7) is 6.88. The molecule has 2 aromatic carbocycles. The first-order chi connectivity index (χ1) is 18.1. The number of nitrogens with one attached hydrogen (secondary N) is 1. The number of nitrogens with two attached hydrogens (primary N) is 1. The van der Waals surface area contributed by atoms with Crippen molar-refractivity contribution in [1.29, 1.82) is 0 Å². The Morgan fingerprint density at radius 3 is 2.37 bits per heavy atom. The second-order valence-corrected chi connectivity index (χ2v) is 11.3. The highest BCUT2D eigenvalue weighted by Crippen LogP contribution is 2.55. The monoisotopic (exact) mass is 514 g/mol. The minimum Gasteiger partial charge on any atom is -0.457 e. The van der Waals surface area contributed by atoms with Crippen LogP contribution in [0.5, 0.6) is 11.5 Å². The molecule has 2 aromatic heterocycles. The van der Waals surface area contributed by atoms with Gasteiger partial charge in [0.05, 0.1) is 11.4 Å². The largest absolute Gasteiger partial charge is 0.457 e. The molecular formula is C28H30N6O4. The smallest absolute Gasteiger partial charge is 0.410 e. The maximum Gasteiger partial charge on any atom is 0.410 e. The van der Waals surface area contributed by atoms with Crippen LogP contribution in [0, 0.1) is 5.41 Å². The van der Waals surface area contributed by atoms with Gasteiger partial charge >= 0.3 is 6.09 Å². The van der Waals surface area contributed by atoms with Crippen LogP contribution in [-0.4, -0.2) is 49.7 Å². The van der Waals surface area contributed by atoms with Crippen LogP contribution < -0.4 is 16.0 Å². The lowest BCUT2D eigenvalue weighted by atomic mass is 9.61. The van der Waals surface area contributed by atoms with Crippen LogP contribution in [0.15, 0.2) is 59.4 Å². The van der Waals surface area contributed by atoms with E-state index in [0.717, 1.165) is 24.2 Å². The first-order valence-corrected chi connectivity index (χ1v) is 12.7. The summed E-state index contributed by atoms with van der Waals surface area (Å²) in [6, 6.07) is 17.1. The molecule has 196 valence electrons. The fraction of sp³-hybridized carbons (Fsp3) is 0.357. The van der Waals surface area contributed by atoms with E-state index < -0.39 is 5.60 Å². The fourth-order valence-electron chi connectivity index (χ4n) is 5.48. The molecule has 10 heteroatoms. The Bertz CT molecular complexity index is 1560. The van der Waals surface area contributed by atoms with Gasteiger partial charge in [-0.1, -0.05) is 18.2 Å². The minimum atomic E-state index is -0.521. The van der Waals surface area contributed by atoms with Crippen molar-refractivity contribution in [3.63, 3.8) is 0 Å². The van der Waals surface area contributed by atoms with Crippen molar-refractivity contribution >= 4 is 22.8 Å². The predicted molar refractivity (Wildman–Crippen MR) is 143 cm³/mol. The molecule has 2 fully saturated rings. The number of likely N-dealkylation sites (tertiary alicyclic amines) is 1. The molecule has 6 rings (SSSR count). The third kappa shape index (κ3) is 4.25. The fourth-order valence-corrected chi connectivity index (χ4v) is 5.48. The van der Waals surface area contributed by atoms with Crippen molar-refractivity contribution in [3.05, 3.63) is 65.0 Å². The average molecular weight is 515 g/mol. The van der Waals surface area contributed by atoms with Gasteiger partial charge < -0.3 is 20.1 Å². The number of amides is 1. The number of carbonyl (C=O) groups is 1. The van der Waals surface area contributed by atoms with Crippen molar-refractivity contribution in [1.82, 2.24) is 24.9 Å². The van der Waals surface area contributed by atoms with Crippen molar-refractivity contribution in [2.75, 3.05) is 18.8 Å². The lowest BCUT2D eigenvalue weighted by Gasteiger charge is -2.58. The molecule has 10 nitrogen and oxygen atoms in total. The molecule has 0 unspecified atom stereocenters. The van der Waals surface area contributed by atoms with Crippen molar-refractivity contribution in [2.45, 2.75) is 45.3 Å². The Kier molecular flexibility index (Phi) is 5.44. The van der Waals surface area contributed by atoms with E-state index in [1.165, 1.54) is 0 Å². The molecule has 38 heavy (non-hydrogen) atoms. The van der Waals surface area contributed by atoms with Crippen LogP contribution >= 0.6 is 0 Å². The number of ether oxygens (including phenoxy) is 2. The van der Waals surface area contributed by atoms with E-state index >= 15 is 0 Å². The number of nitrogen functional groups attached to an aromatic ring is 1. The number of hydrogen-bond donors (Lipinski definition) is 2. The van der Waals surface area contributed by atoms with Crippen LogP contribution in [0.4, 0.5) is 10.6 Å². The third-order valence-electron chi connectivity index (χ3n) is 7.15. The highest BCUT2D eigenvalue weighted by molar-refractivity contribution is 5.99. The highest BCUT2D eigenvalue weighted by Gasteiger charge is 2.55. The number of rotatable bonds is 4. The van der Waals surface area contributed by atoms with Crippen LogP contribution in [0.3, 0.4) is 0 Å². The lowest BCUT2D eigenvalue weighted by Crippen LogP contribution is -2.64. The van der Waals surface area contributed by atoms with Crippen molar-refractivity contribution in [3.8, 4) is 22.8 Å². The predicted octanol–water partition coefficient (Wildman–Crippen LogP) is 4.73. The average Bonchev–Trinajstić information content (AvgIpc) is 3.21. The Hall–Kier alpha value is -4.34. The molecule has 1 aliphatic carbocycles. The topological polar surface area (TPSA) is 128 Å². The summed E-state index contributed by atoms with van der Waals surface area (Å²) in [5.74, 6) is 1.66. The Balaban J connectivity index is 1.24. The number of para-hydroxylation sites is 1. The van der Waals surface area contributed by atoms with Gasteiger partial charge in [-0.05, 0) is 70.0 Å². The van der Waals surface area contributed by atoms with Gasteiger partial charge in [0.15, 0.2) is 5.82 Å². The number of fused-ring (bicyclic) bond motifs is 1. The summed E-state index contributed by atoms with van der Waals surface area (Å²) in [5, 5.41) is 11.9. The summed E-state index contributed by atoms with van der Waals surface area (Å²) in [4.78, 5) is 27.0. The number of anilines is 1. The highest BCUT2D eigenvalue weighted by atomic mass is 16.6. The normalized spacial score (nSPS) is 16.8. The molecule has 3 heterocycles. The van der Waals surface area contributed by atoms with Gasteiger partial charge in [0.25, 0.3) is 5.56 Å². The summed E-state index contributed by atoms with van der Waals surface area (Å²) in [5.41, 5.74) is 7.25. The van der Waals surface area contributed by atoms with Gasteiger partial charge in [-0.25, -0.2) is 9.89 Å². The third-order valence-corrected chi connectivity index (χ3v) is 7.15. The summed E-state index contributed by atoms with van der Waals surface area (Å²) < 4.78 is 13.2. The van der Waals surface area contributed by atoms with Crippen LogP contribution in [0.1, 0.15) is 39.7 Å². The Labute approximate surface area is 219 Å². The molecule has 0 radical (unpaired) electrons. The zero-order valence-corrected chi connectivity index (χ0v) is 21.6. The van der Waals surface area contributed by atoms with Gasteiger partial charge in [-0.3, -0.25) is 9.48 Å². The van der Waals surface area contributed by atoms with E-state index in [4.69, 9.17) is 20.3 Å². The summed E-state index contributed by atoms with van der Waals surface area (Å²) in [7, 11) is 0. The van der Waals surface area contributed by atoms with E-state index in [9.17, 15) is 9.59 Å². The SMILES string of the molecule is CC(C)(C)OC(=O)N1CC2(CC(n3nc(-c4ccc(Oc5ccccc5)cc4)c4c(N)n[nH]c(=O)c43)C2)C1. The zero-order chi connectivity index (χ0) is 26.7. The molecule has 4 aromatic rings. The molecule has 1 amide bonds. The molecule has 1 spiro atoms. The van der Waals surface area contributed by atoms with E-state index in [2.05, 4.69) is 10.2 Å². The van der Waals surface area contributed by atoms with Crippen LogP contribution in [0.25, 0.3) is 22.2 Å². The van der Waals surface area contributed by atoms with E-state index in [1.54, 1.807) is 9.58 Å². The first-order valence-electron chi connectivity index (χ1n) is 12.7. The second kappa shape index (κ2) is 8.61. The van der Waals surface area contributed by atoms with E-state index in [-0.39, 0.29) is 28.9 Å². The molecular weight excluding hydrogens is 484 g/mol. The minimum absolute atomic E-state index is 0.0237. The number of carbonyl (C=O) groups excluding carboxylic acids is 1. The number of H-pyrrole nitrogens is 1. The lowest BCUT2D eigenvalue weighted by molar-refractivity contribution is -0.0919. The summed E-state index contributed by atoms with van der Waals surface area (Å²) in [6.07, 6.45) is 1.34. The molecule has 0 atom stereocenters. The van der Waals surface area contributed by atoms with Gasteiger partial charge in [-0.15, -0.1) is 0 Å². The standard InChI is InChI=1S/C28H30N6O4/c1-27(2,3)38-26(36)33-15-28(16-33)13-18(14-28)34-23-21(24(29)30-31-25(23)35)22(32-34)17-9-11-20(12-10-17)37-19-7-5-4-6-8-19/h4-12,18H,13-16H2,1-3H3,(H2,29,30)(H,31,35). The van der Waals surface area contributed by atoms with Gasteiger partial charge in [0.2, 0.25) is 0 Å². The maximum absolute atomic E-state index is 12.9. The maximum atomic E-state index is 12.9. The first kappa shape index (κ1) is 24.0. The number of benzene rings is 2. The Morgan fingerprint density at radius 2 is 1.71 bits per heavy atom. The van der Waals surface area contributed by atoms with Gasteiger partial charge in [-0.2, -0.15) is 10.2 Å². The quantitative estimate of drug-likeness (QED) is 0.403. The molecule has 1 aliphatic heterocycles. The van der Waals surface area contributed by atoms with Gasteiger partial charge in [0, 0.05) is 24.1 Å². The van der Waals surface area contributed by atoms with Crippen LogP contribution in [-0.2, 0) is 4.74 Å². The van der Waals surface area contributed by atoms with E-state index in [0.29, 0.717) is 35.4 Å². The van der Waals surface area contributed by atoms with E-state index in [1.807, 2.05) is 75.4 Å². The number of aromatic nitrogens is 4. The number of nitrogens with zero attached hydrogens (tertiary/aromatic N) is 4. The van der Waals surface area contributed by atoms with Crippen LogP contribution in [0.2, 0.25) is 0 Å². The number of aromatic amines is 1. The number of hydrogen-bond acceptors (Lipinski definition) is 7. The molecule has 1 saturated carbocycles. The summed E-state index contributed by atoms with van der Waals surface area (Å²) >= 11 is 0. The Morgan fingerprint density at radius 1 is 1.05 bits per heavy atom. The van der Waals surface area contributed by atoms with Crippen molar-refractivity contribution in [2.24, 2.45) is 5.41 Å².